The van der Waals surface area contributed by atoms with E-state index in [0.29, 0.717) is 0 Å². The van der Waals surface area contributed by atoms with Gasteiger partial charge in [-0.3, -0.25) is 4.79 Å². The van der Waals surface area contributed by atoms with Gasteiger partial charge < -0.3 is 5.11 Å². The zero-order valence-corrected chi connectivity index (χ0v) is 12.3. The Morgan fingerprint density at radius 3 is 1.84 bits per heavy atom. The highest BCUT2D eigenvalue weighted by Gasteiger charge is 2.27. The Kier molecular flexibility index (Phi) is 4.18. The largest absolute Gasteiger partial charge is 0.475 e. The molecule has 0 heterocycles. The lowest BCUT2D eigenvalue weighted by atomic mass is 9.72. The number of hydrogen-bond donors (Lipinski definition) is 1. The van der Waals surface area contributed by atoms with Gasteiger partial charge >= 0.3 is 5.97 Å². The smallest absolute Gasteiger partial charge is 0.377 e. The third-order valence-corrected chi connectivity index (χ3v) is 3.10. The van der Waals surface area contributed by atoms with Crippen LogP contribution in [-0.4, -0.2) is 16.9 Å². The van der Waals surface area contributed by atoms with Crippen molar-refractivity contribution in [2.45, 2.75) is 46.5 Å². The summed E-state index contributed by atoms with van der Waals surface area (Å²) in [5, 5.41) is 8.67. The molecule has 0 aliphatic heterocycles. The third kappa shape index (κ3) is 4.19. The Bertz CT molecular complexity index is 476. The van der Waals surface area contributed by atoms with Crippen LogP contribution < -0.4 is 0 Å². The first kappa shape index (κ1) is 15.4. The maximum Gasteiger partial charge on any atom is 0.377 e. The van der Waals surface area contributed by atoms with E-state index in [2.05, 4.69) is 34.6 Å². The molecule has 0 amide bonds. The van der Waals surface area contributed by atoms with Gasteiger partial charge in [0, 0.05) is 5.56 Å². The van der Waals surface area contributed by atoms with E-state index in [1.807, 2.05) is 12.1 Å². The second-order valence-electron chi connectivity index (χ2n) is 6.83. The molecule has 1 aromatic rings. The van der Waals surface area contributed by atoms with E-state index >= 15 is 0 Å². The van der Waals surface area contributed by atoms with Crippen molar-refractivity contribution in [1.82, 2.24) is 0 Å². The fourth-order valence-electron chi connectivity index (χ4n) is 2.62. The van der Waals surface area contributed by atoms with Gasteiger partial charge in [0.1, 0.15) is 0 Å². The second kappa shape index (κ2) is 5.16. The zero-order chi connectivity index (χ0) is 14.8. The molecule has 0 atom stereocenters. The summed E-state index contributed by atoms with van der Waals surface area (Å²) in [6, 6.07) is 6.89. The van der Waals surface area contributed by atoms with Crippen molar-refractivity contribution < 1.29 is 14.7 Å². The van der Waals surface area contributed by atoms with Crippen molar-refractivity contribution in [3.05, 3.63) is 35.4 Å². The topological polar surface area (TPSA) is 54.4 Å². The molecule has 104 valence electrons. The summed E-state index contributed by atoms with van der Waals surface area (Å²) >= 11 is 0. The van der Waals surface area contributed by atoms with E-state index in [1.165, 1.54) is 0 Å². The Balaban J connectivity index is 2.98. The molecule has 0 aliphatic carbocycles. The summed E-state index contributed by atoms with van der Waals surface area (Å²) in [7, 11) is 0. The van der Waals surface area contributed by atoms with Crippen LogP contribution in [0.15, 0.2) is 24.3 Å². The number of benzene rings is 1. The molecule has 3 nitrogen and oxygen atoms in total. The van der Waals surface area contributed by atoms with Crippen molar-refractivity contribution in [3.63, 3.8) is 0 Å². The van der Waals surface area contributed by atoms with Gasteiger partial charge in [0.05, 0.1) is 0 Å². The van der Waals surface area contributed by atoms with E-state index < -0.39 is 11.8 Å². The molecule has 1 N–H and O–H groups in total. The number of rotatable bonds is 4. The van der Waals surface area contributed by atoms with E-state index in [9.17, 15) is 9.59 Å². The van der Waals surface area contributed by atoms with Crippen molar-refractivity contribution in [2.24, 2.45) is 5.41 Å². The molecule has 3 heteroatoms. The summed E-state index contributed by atoms with van der Waals surface area (Å²) in [5.74, 6) is -2.28. The Hall–Kier alpha value is -1.64. The van der Waals surface area contributed by atoms with Crippen LogP contribution in [0.4, 0.5) is 0 Å². The van der Waals surface area contributed by atoms with Crippen molar-refractivity contribution >= 4 is 11.8 Å². The molecule has 19 heavy (non-hydrogen) atoms. The number of carboxylic acids is 1. The number of ketones is 1. The Labute approximate surface area is 114 Å². The van der Waals surface area contributed by atoms with Gasteiger partial charge in [-0.05, 0) is 22.8 Å². The highest BCUT2D eigenvalue weighted by molar-refractivity contribution is 6.39. The van der Waals surface area contributed by atoms with Gasteiger partial charge in [-0.1, -0.05) is 58.9 Å². The van der Waals surface area contributed by atoms with Crippen LogP contribution in [0.1, 0.15) is 57.0 Å². The first-order valence-electron chi connectivity index (χ1n) is 6.41. The molecule has 0 unspecified atom stereocenters. The molecule has 0 spiro atoms. The second-order valence-corrected chi connectivity index (χ2v) is 6.83. The van der Waals surface area contributed by atoms with Crippen LogP contribution in [0.5, 0.6) is 0 Å². The minimum atomic E-state index is -1.42. The summed E-state index contributed by atoms with van der Waals surface area (Å²) in [4.78, 5) is 22.0. The highest BCUT2D eigenvalue weighted by atomic mass is 16.4. The van der Waals surface area contributed by atoms with Crippen molar-refractivity contribution in [3.8, 4) is 0 Å². The van der Waals surface area contributed by atoms with Gasteiger partial charge in [-0.25, -0.2) is 4.79 Å². The molecule has 0 radical (unpaired) electrons. The average Bonchev–Trinajstić information content (AvgIpc) is 2.25. The normalized spacial score (nSPS) is 12.3. The van der Waals surface area contributed by atoms with Crippen molar-refractivity contribution in [2.75, 3.05) is 0 Å². The van der Waals surface area contributed by atoms with E-state index in [0.717, 1.165) is 12.0 Å². The molecule has 0 saturated heterocycles. The number of carbonyl (C=O) groups excluding carboxylic acids is 1. The van der Waals surface area contributed by atoms with Crippen LogP contribution in [0.25, 0.3) is 0 Å². The standard InChI is InChI=1S/C16H22O3/c1-15(2,3)10-16(4,5)12-8-6-11(7-9-12)13(17)14(18)19/h6-9H,10H2,1-5H3,(H,18,19). The van der Waals surface area contributed by atoms with Gasteiger partial charge in [-0.15, -0.1) is 0 Å². The minimum Gasteiger partial charge on any atom is -0.475 e. The molecule has 0 bridgehead atoms. The molecule has 0 fully saturated rings. The van der Waals surface area contributed by atoms with E-state index in [4.69, 9.17) is 5.11 Å². The summed E-state index contributed by atoms with van der Waals surface area (Å²) < 4.78 is 0. The SMILES string of the molecule is CC(C)(C)CC(C)(C)c1ccc(C(=O)C(=O)O)cc1. The Morgan fingerprint density at radius 2 is 1.47 bits per heavy atom. The fourth-order valence-corrected chi connectivity index (χ4v) is 2.62. The van der Waals surface area contributed by atoms with Crippen molar-refractivity contribution in [1.29, 1.82) is 0 Å². The zero-order valence-electron chi connectivity index (χ0n) is 12.3. The van der Waals surface area contributed by atoms with Crippen LogP contribution >= 0.6 is 0 Å². The molecule has 1 rings (SSSR count). The van der Waals surface area contributed by atoms with Gasteiger partial charge in [0.2, 0.25) is 0 Å². The van der Waals surface area contributed by atoms with Crippen LogP contribution in [0.2, 0.25) is 0 Å². The van der Waals surface area contributed by atoms with Gasteiger partial charge in [-0.2, -0.15) is 0 Å². The number of hydrogen-bond acceptors (Lipinski definition) is 2. The molecular weight excluding hydrogens is 240 g/mol. The van der Waals surface area contributed by atoms with Crippen LogP contribution in [0.3, 0.4) is 0 Å². The monoisotopic (exact) mass is 262 g/mol. The first-order chi connectivity index (χ1) is 8.53. The molecule has 0 aromatic heterocycles. The lowest BCUT2D eigenvalue weighted by molar-refractivity contribution is -0.131. The van der Waals surface area contributed by atoms with Crippen LogP contribution in [-0.2, 0) is 10.2 Å². The average molecular weight is 262 g/mol. The summed E-state index contributed by atoms with van der Waals surface area (Å²) in [6.45, 7) is 10.9. The number of Topliss-reactive ketones (excluding diaryl/α,β-unsaturated/α-hetero) is 1. The minimum absolute atomic E-state index is 0.0109. The summed E-state index contributed by atoms with van der Waals surface area (Å²) in [5.41, 5.74) is 1.54. The summed E-state index contributed by atoms with van der Waals surface area (Å²) in [6.07, 6.45) is 1.01. The quantitative estimate of drug-likeness (QED) is 0.665. The van der Waals surface area contributed by atoms with E-state index in [-0.39, 0.29) is 16.4 Å². The third-order valence-electron chi connectivity index (χ3n) is 3.10. The number of carboxylic acid groups (broad SMARTS) is 1. The lowest BCUT2D eigenvalue weighted by Gasteiger charge is -2.33. The molecular formula is C16H22O3. The Morgan fingerprint density at radius 1 is 1.00 bits per heavy atom. The predicted octanol–water partition coefficient (Wildman–Crippen LogP) is 3.67. The first-order valence-corrected chi connectivity index (χ1v) is 6.41. The molecule has 0 aliphatic rings. The molecule has 1 aromatic carbocycles. The number of aliphatic carboxylic acids is 1. The predicted molar refractivity (Wildman–Crippen MR) is 75.5 cm³/mol. The highest BCUT2D eigenvalue weighted by Crippen LogP contribution is 2.36. The van der Waals surface area contributed by atoms with Gasteiger partial charge in [0.15, 0.2) is 0 Å². The van der Waals surface area contributed by atoms with Crippen LogP contribution in [0, 0.1) is 5.41 Å². The van der Waals surface area contributed by atoms with E-state index in [1.54, 1.807) is 12.1 Å². The maximum absolute atomic E-state index is 11.3. The molecule has 0 saturated carbocycles. The number of carbonyl (C=O) groups is 2. The van der Waals surface area contributed by atoms with Gasteiger partial charge in [0.25, 0.3) is 5.78 Å². The maximum atomic E-state index is 11.3. The fraction of sp³-hybridized carbons (Fsp3) is 0.500. The lowest BCUT2D eigenvalue weighted by Crippen LogP contribution is -2.25.